The molecule has 0 spiro atoms. The van der Waals surface area contributed by atoms with Crippen molar-refractivity contribution in [3.8, 4) is 0 Å². The molecule has 7 heteroatoms. The fourth-order valence-corrected chi connectivity index (χ4v) is 5.39. The monoisotopic (exact) mass is 440 g/mol. The average molecular weight is 441 g/mol. The zero-order chi connectivity index (χ0) is 22.2. The van der Waals surface area contributed by atoms with Crippen LogP contribution in [0.4, 0.5) is 11.4 Å². The van der Waals surface area contributed by atoms with Gasteiger partial charge in [-0.05, 0) is 74.1 Å². The summed E-state index contributed by atoms with van der Waals surface area (Å²) in [7, 11) is -3.61. The van der Waals surface area contributed by atoms with Crippen LogP contribution in [0.1, 0.15) is 44.2 Å². The van der Waals surface area contributed by atoms with Crippen molar-refractivity contribution in [2.24, 2.45) is 5.92 Å². The fraction of sp³-hybridized carbons (Fsp3) is 0.417. The number of hydrogen-bond donors (Lipinski definition) is 1. The van der Waals surface area contributed by atoms with Gasteiger partial charge in [0.2, 0.25) is 11.8 Å². The second kappa shape index (κ2) is 8.46. The Labute approximate surface area is 183 Å². The Morgan fingerprint density at radius 3 is 2.61 bits per heavy atom. The quantitative estimate of drug-likeness (QED) is 0.711. The average Bonchev–Trinajstić information content (AvgIpc) is 3.54. The minimum absolute atomic E-state index is 0.0331. The maximum absolute atomic E-state index is 12.8. The van der Waals surface area contributed by atoms with E-state index in [-0.39, 0.29) is 40.8 Å². The Morgan fingerprint density at radius 2 is 1.90 bits per heavy atom. The van der Waals surface area contributed by atoms with E-state index in [1.807, 2.05) is 36.9 Å². The Kier molecular flexibility index (Phi) is 5.88. The molecule has 0 saturated heterocycles. The Balaban J connectivity index is 1.42. The minimum Gasteiger partial charge on any atom is -0.326 e. The third-order valence-corrected chi connectivity index (χ3v) is 7.72. The summed E-state index contributed by atoms with van der Waals surface area (Å²) in [5.41, 5.74) is 3.47. The van der Waals surface area contributed by atoms with Crippen molar-refractivity contribution >= 4 is 33.0 Å². The summed E-state index contributed by atoms with van der Waals surface area (Å²) >= 11 is 0. The van der Waals surface area contributed by atoms with Crippen LogP contribution >= 0.6 is 0 Å². The molecule has 2 aromatic carbocycles. The van der Waals surface area contributed by atoms with Crippen LogP contribution in [0.25, 0.3) is 0 Å². The van der Waals surface area contributed by atoms with E-state index in [4.69, 9.17) is 0 Å². The molecule has 6 nitrogen and oxygen atoms in total. The molecule has 0 bridgehead atoms. The molecule has 2 aliphatic rings. The lowest BCUT2D eigenvalue weighted by atomic mass is 10.1. The Bertz CT molecular complexity index is 1120. The van der Waals surface area contributed by atoms with Crippen molar-refractivity contribution in [2.45, 2.75) is 56.9 Å². The van der Waals surface area contributed by atoms with E-state index in [1.54, 1.807) is 24.3 Å². The molecular weight excluding hydrogens is 412 g/mol. The van der Waals surface area contributed by atoms with E-state index >= 15 is 0 Å². The molecule has 1 atom stereocenters. The number of nitrogens with zero attached hydrogens (tertiary/aromatic N) is 1. The molecule has 1 aliphatic carbocycles. The lowest BCUT2D eigenvalue weighted by Gasteiger charge is -2.22. The topological polar surface area (TPSA) is 83.6 Å². The van der Waals surface area contributed by atoms with E-state index in [2.05, 4.69) is 5.32 Å². The van der Waals surface area contributed by atoms with Crippen molar-refractivity contribution < 1.29 is 18.0 Å². The first-order chi connectivity index (χ1) is 14.8. The number of anilines is 2. The number of hydrogen-bond acceptors (Lipinski definition) is 4. The highest BCUT2D eigenvalue weighted by Gasteiger charge is 2.39. The van der Waals surface area contributed by atoms with Gasteiger partial charge >= 0.3 is 0 Å². The zero-order valence-electron chi connectivity index (χ0n) is 17.9. The molecule has 0 aromatic heterocycles. The van der Waals surface area contributed by atoms with E-state index in [1.165, 1.54) is 0 Å². The van der Waals surface area contributed by atoms with Gasteiger partial charge in [0.05, 0.1) is 10.6 Å². The summed E-state index contributed by atoms with van der Waals surface area (Å²) in [4.78, 5) is 26.9. The van der Waals surface area contributed by atoms with Gasteiger partial charge in [0, 0.05) is 29.8 Å². The summed E-state index contributed by atoms with van der Waals surface area (Å²) in [6.07, 6.45) is 3.27. The van der Waals surface area contributed by atoms with Gasteiger partial charge in [-0.25, -0.2) is 8.42 Å². The van der Waals surface area contributed by atoms with E-state index in [9.17, 15) is 18.0 Å². The summed E-state index contributed by atoms with van der Waals surface area (Å²) in [6, 6.07) is 12.5. The molecule has 1 heterocycles. The first-order valence-electron chi connectivity index (χ1n) is 10.9. The first kappa shape index (κ1) is 21.6. The van der Waals surface area contributed by atoms with Gasteiger partial charge in [-0.15, -0.1) is 0 Å². The van der Waals surface area contributed by atoms with Gasteiger partial charge in [-0.2, -0.15) is 0 Å². The van der Waals surface area contributed by atoms with Crippen LogP contribution < -0.4 is 10.2 Å². The van der Waals surface area contributed by atoms with Gasteiger partial charge < -0.3 is 10.2 Å². The Hall–Kier alpha value is -2.67. The summed E-state index contributed by atoms with van der Waals surface area (Å²) in [5, 5.41) is 2.78. The highest BCUT2D eigenvalue weighted by Crippen LogP contribution is 2.39. The van der Waals surface area contributed by atoms with Gasteiger partial charge in [-0.3, -0.25) is 9.59 Å². The minimum atomic E-state index is -3.61. The number of carbonyl (C=O) groups is 2. The normalized spacial score (nSPS) is 18.0. The molecule has 2 amide bonds. The van der Waals surface area contributed by atoms with Crippen LogP contribution in [0, 0.1) is 5.92 Å². The highest BCUT2D eigenvalue weighted by atomic mass is 32.2. The standard InChI is InChI=1S/C24H28N2O4S/c1-3-17-5-4-6-20(14-17)25-23(27)11-12-31(29,30)21-9-10-22-19(15-21)13-16(2)26(22)24(28)18-7-8-18/h4-6,9-10,14-16,18H,3,7-8,11-13H2,1-2H3,(H,25,27)/t16-/m1/s1. The summed E-state index contributed by atoms with van der Waals surface area (Å²) in [5.74, 6) is -0.322. The van der Waals surface area contributed by atoms with E-state index in [0.29, 0.717) is 12.1 Å². The zero-order valence-corrected chi connectivity index (χ0v) is 18.7. The Morgan fingerprint density at radius 1 is 1.13 bits per heavy atom. The first-order valence-corrected chi connectivity index (χ1v) is 12.5. The number of nitrogens with one attached hydrogen (secondary N) is 1. The maximum atomic E-state index is 12.8. The molecule has 164 valence electrons. The number of aryl methyl sites for hydroxylation is 1. The fourth-order valence-electron chi connectivity index (χ4n) is 4.10. The SMILES string of the molecule is CCc1cccc(NC(=O)CCS(=O)(=O)c2ccc3c(c2)C[C@@H](C)N3C(=O)C2CC2)c1. The van der Waals surface area contributed by atoms with Gasteiger partial charge in [-0.1, -0.05) is 19.1 Å². The van der Waals surface area contributed by atoms with Crippen molar-refractivity contribution in [1.29, 1.82) is 0 Å². The van der Waals surface area contributed by atoms with Gasteiger partial charge in [0.25, 0.3) is 0 Å². The molecule has 2 aromatic rings. The number of benzene rings is 2. The van der Waals surface area contributed by atoms with Crippen molar-refractivity contribution in [2.75, 3.05) is 16.0 Å². The molecule has 1 aliphatic heterocycles. The largest absolute Gasteiger partial charge is 0.326 e. The van der Waals surface area contributed by atoms with Crippen LogP contribution in [0.2, 0.25) is 0 Å². The van der Waals surface area contributed by atoms with Crippen LogP contribution in [-0.2, 0) is 32.3 Å². The second-order valence-electron chi connectivity index (χ2n) is 8.50. The maximum Gasteiger partial charge on any atom is 0.230 e. The predicted molar refractivity (Wildman–Crippen MR) is 121 cm³/mol. The van der Waals surface area contributed by atoms with E-state index < -0.39 is 9.84 Å². The van der Waals surface area contributed by atoms with Crippen LogP contribution in [0.15, 0.2) is 47.4 Å². The smallest absolute Gasteiger partial charge is 0.230 e. The molecule has 0 radical (unpaired) electrons. The van der Waals surface area contributed by atoms with E-state index in [0.717, 1.165) is 36.1 Å². The van der Waals surface area contributed by atoms with Crippen LogP contribution in [-0.4, -0.2) is 32.0 Å². The summed E-state index contributed by atoms with van der Waals surface area (Å²) in [6.45, 7) is 4.03. The summed E-state index contributed by atoms with van der Waals surface area (Å²) < 4.78 is 25.7. The lowest BCUT2D eigenvalue weighted by molar-refractivity contribution is -0.120. The molecule has 1 fully saturated rings. The number of sulfone groups is 1. The number of carbonyl (C=O) groups excluding carboxylic acids is 2. The number of fused-ring (bicyclic) bond motifs is 1. The van der Waals surface area contributed by atoms with Gasteiger partial charge in [0.15, 0.2) is 9.84 Å². The van der Waals surface area contributed by atoms with Gasteiger partial charge in [0.1, 0.15) is 0 Å². The predicted octanol–water partition coefficient (Wildman–Crippen LogP) is 3.74. The third kappa shape index (κ3) is 4.66. The molecule has 4 rings (SSSR count). The van der Waals surface area contributed by atoms with Crippen molar-refractivity contribution in [3.63, 3.8) is 0 Å². The molecule has 31 heavy (non-hydrogen) atoms. The highest BCUT2D eigenvalue weighted by molar-refractivity contribution is 7.91. The number of rotatable bonds is 7. The lowest BCUT2D eigenvalue weighted by Crippen LogP contribution is -2.36. The van der Waals surface area contributed by atoms with Crippen LogP contribution in [0.3, 0.4) is 0 Å². The van der Waals surface area contributed by atoms with Crippen molar-refractivity contribution in [3.05, 3.63) is 53.6 Å². The van der Waals surface area contributed by atoms with Crippen molar-refractivity contribution in [1.82, 2.24) is 0 Å². The molecule has 1 N–H and O–H groups in total. The molecular formula is C24H28N2O4S. The number of amides is 2. The third-order valence-electron chi connectivity index (χ3n) is 6.01. The molecule has 0 unspecified atom stereocenters. The molecule has 1 saturated carbocycles. The second-order valence-corrected chi connectivity index (χ2v) is 10.6. The van der Waals surface area contributed by atoms with Crippen LogP contribution in [0.5, 0.6) is 0 Å².